The number of benzene rings is 1. The number of halogens is 1. The predicted octanol–water partition coefficient (Wildman–Crippen LogP) is 1.01. The lowest BCUT2D eigenvalue weighted by molar-refractivity contribution is -0.124. The molecule has 9 heteroatoms. The van der Waals surface area contributed by atoms with E-state index in [1.165, 1.54) is 14.1 Å². The Morgan fingerprint density at radius 1 is 1.29 bits per heavy atom. The van der Waals surface area contributed by atoms with Crippen LogP contribution >= 0.6 is 0 Å². The summed E-state index contributed by atoms with van der Waals surface area (Å²) in [6, 6.07) is 2.81. The van der Waals surface area contributed by atoms with Crippen LogP contribution in [0.25, 0.3) is 0 Å². The second kappa shape index (κ2) is 8.20. The van der Waals surface area contributed by atoms with Gasteiger partial charge in [-0.25, -0.2) is 21.9 Å². The van der Waals surface area contributed by atoms with Crippen LogP contribution in [0.5, 0.6) is 0 Å². The van der Waals surface area contributed by atoms with Gasteiger partial charge in [0.05, 0.1) is 10.5 Å². The molecule has 0 aliphatic rings. The normalized spacial score (nSPS) is 11.6. The first-order chi connectivity index (χ1) is 11.1. The molecule has 0 aliphatic carbocycles. The van der Waals surface area contributed by atoms with Gasteiger partial charge in [-0.2, -0.15) is 0 Å². The molecule has 0 bridgehead atoms. The SMILES string of the molecule is CC(C)CNC(=O)COC(=O)c1cc(S(=O)(=O)N(C)C)ccc1F. The third-order valence-corrected chi connectivity index (χ3v) is 4.79. The van der Waals surface area contributed by atoms with Crippen LogP contribution in [0.1, 0.15) is 24.2 Å². The molecule has 1 amide bonds. The van der Waals surface area contributed by atoms with Crippen molar-refractivity contribution < 1.29 is 27.1 Å². The molecule has 0 atom stereocenters. The van der Waals surface area contributed by atoms with Crippen molar-refractivity contribution in [2.75, 3.05) is 27.2 Å². The Hall–Kier alpha value is -2.00. The molecule has 0 spiro atoms. The summed E-state index contributed by atoms with van der Waals surface area (Å²) in [6.07, 6.45) is 0. The lowest BCUT2D eigenvalue weighted by Gasteiger charge is -2.13. The molecule has 0 radical (unpaired) electrons. The number of ether oxygens (including phenoxy) is 1. The highest BCUT2D eigenvalue weighted by Gasteiger charge is 2.22. The second-order valence-electron chi connectivity index (χ2n) is 5.70. The third kappa shape index (κ3) is 5.27. The van der Waals surface area contributed by atoms with E-state index in [4.69, 9.17) is 4.74 Å². The van der Waals surface area contributed by atoms with E-state index < -0.39 is 39.9 Å². The minimum absolute atomic E-state index is 0.231. The predicted molar refractivity (Wildman–Crippen MR) is 85.4 cm³/mol. The van der Waals surface area contributed by atoms with Gasteiger partial charge >= 0.3 is 5.97 Å². The fourth-order valence-corrected chi connectivity index (χ4v) is 2.54. The molecule has 134 valence electrons. The summed E-state index contributed by atoms with van der Waals surface area (Å²) in [5, 5.41) is 2.54. The van der Waals surface area contributed by atoms with Gasteiger partial charge in [-0.3, -0.25) is 4.79 Å². The fourth-order valence-electron chi connectivity index (χ4n) is 1.61. The van der Waals surface area contributed by atoms with Crippen LogP contribution in [-0.4, -0.2) is 51.8 Å². The van der Waals surface area contributed by atoms with Crippen molar-refractivity contribution >= 4 is 21.9 Å². The van der Waals surface area contributed by atoms with E-state index in [2.05, 4.69) is 5.32 Å². The number of carbonyl (C=O) groups is 2. The van der Waals surface area contributed by atoms with Gasteiger partial charge in [0.1, 0.15) is 5.82 Å². The van der Waals surface area contributed by atoms with Crippen molar-refractivity contribution in [1.29, 1.82) is 0 Å². The summed E-state index contributed by atoms with van der Waals surface area (Å²) >= 11 is 0. The van der Waals surface area contributed by atoms with Crippen molar-refractivity contribution in [2.45, 2.75) is 18.7 Å². The fraction of sp³-hybridized carbons (Fsp3) is 0.467. The van der Waals surface area contributed by atoms with Crippen molar-refractivity contribution in [1.82, 2.24) is 9.62 Å². The van der Waals surface area contributed by atoms with Crippen molar-refractivity contribution in [3.63, 3.8) is 0 Å². The zero-order valence-corrected chi connectivity index (χ0v) is 14.8. The summed E-state index contributed by atoms with van der Waals surface area (Å²) in [7, 11) is -1.19. The van der Waals surface area contributed by atoms with E-state index in [0.717, 1.165) is 22.5 Å². The van der Waals surface area contributed by atoms with E-state index in [1.807, 2.05) is 13.8 Å². The average molecular weight is 360 g/mol. The number of hydrogen-bond donors (Lipinski definition) is 1. The molecule has 0 aliphatic heterocycles. The first-order valence-corrected chi connectivity index (χ1v) is 8.65. The van der Waals surface area contributed by atoms with Crippen LogP contribution in [0.2, 0.25) is 0 Å². The van der Waals surface area contributed by atoms with Gasteiger partial charge in [0, 0.05) is 20.6 Å². The average Bonchev–Trinajstić information content (AvgIpc) is 2.50. The largest absolute Gasteiger partial charge is 0.452 e. The molecule has 24 heavy (non-hydrogen) atoms. The first-order valence-electron chi connectivity index (χ1n) is 7.21. The minimum atomic E-state index is -3.82. The molecule has 0 heterocycles. The topological polar surface area (TPSA) is 92.8 Å². The number of nitrogens with one attached hydrogen (secondary N) is 1. The maximum Gasteiger partial charge on any atom is 0.341 e. The molecular formula is C15H21FN2O5S. The lowest BCUT2D eigenvalue weighted by Crippen LogP contribution is -2.31. The van der Waals surface area contributed by atoms with Crippen LogP contribution in [0.4, 0.5) is 4.39 Å². The molecule has 0 fully saturated rings. The first kappa shape index (κ1) is 20.0. The second-order valence-corrected chi connectivity index (χ2v) is 7.85. The summed E-state index contributed by atoms with van der Waals surface area (Å²) in [5.74, 6) is -2.33. The molecular weight excluding hydrogens is 339 g/mol. The van der Waals surface area contributed by atoms with Crippen molar-refractivity contribution in [3.8, 4) is 0 Å². The Balaban J connectivity index is 2.86. The zero-order valence-electron chi connectivity index (χ0n) is 14.0. The Morgan fingerprint density at radius 3 is 2.46 bits per heavy atom. The Bertz CT molecular complexity index is 717. The number of nitrogens with zero attached hydrogens (tertiary/aromatic N) is 1. The maximum absolute atomic E-state index is 13.8. The van der Waals surface area contributed by atoms with E-state index in [-0.39, 0.29) is 10.8 Å². The number of rotatable bonds is 7. The van der Waals surface area contributed by atoms with Gasteiger partial charge in [-0.1, -0.05) is 13.8 Å². The number of hydrogen-bond acceptors (Lipinski definition) is 5. The number of sulfonamides is 1. The van der Waals surface area contributed by atoms with Crippen LogP contribution in [0, 0.1) is 11.7 Å². The molecule has 0 saturated heterocycles. The summed E-state index contributed by atoms with van der Waals surface area (Å²) in [5.41, 5.74) is -0.547. The van der Waals surface area contributed by atoms with E-state index in [1.54, 1.807) is 0 Å². The molecule has 1 rings (SSSR count). The Morgan fingerprint density at radius 2 is 1.92 bits per heavy atom. The van der Waals surface area contributed by atoms with E-state index in [9.17, 15) is 22.4 Å². The van der Waals surface area contributed by atoms with Crippen molar-refractivity contribution in [3.05, 3.63) is 29.6 Å². The number of amides is 1. The van der Waals surface area contributed by atoms with E-state index >= 15 is 0 Å². The summed E-state index contributed by atoms with van der Waals surface area (Å²) < 4.78 is 43.5. The Labute approximate surface area is 140 Å². The maximum atomic E-state index is 13.8. The van der Waals surface area contributed by atoms with Gasteiger partial charge in [0.15, 0.2) is 6.61 Å². The highest BCUT2D eigenvalue weighted by atomic mass is 32.2. The number of carbonyl (C=O) groups excluding carboxylic acids is 2. The highest BCUT2D eigenvalue weighted by Crippen LogP contribution is 2.18. The molecule has 1 N–H and O–H groups in total. The van der Waals surface area contributed by atoms with E-state index in [0.29, 0.717) is 6.54 Å². The molecule has 1 aromatic carbocycles. The quantitative estimate of drug-likeness (QED) is 0.733. The van der Waals surface area contributed by atoms with Crippen LogP contribution in [0.15, 0.2) is 23.1 Å². The van der Waals surface area contributed by atoms with Gasteiger partial charge in [0.2, 0.25) is 10.0 Å². The molecule has 1 aromatic rings. The van der Waals surface area contributed by atoms with Crippen LogP contribution in [0.3, 0.4) is 0 Å². The summed E-state index contributed by atoms with van der Waals surface area (Å²) in [6.45, 7) is 3.65. The molecule has 0 unspecified atom stereocenters. The van der Waals surface area contributed by atoms with Crippen LogP contribution in [-0.2, 0) is 19.6 Å². The molecule has 7 nitrogen and oxygen atoms in total. The van der Waals surface area contributed by atoms with Gasteiger partial charge < -0.3 is 10.1 Å². The van der Waals surface area contributed by atoms with Gasteiger partial charge in [-0.15, -0.1) is 0 Å². The lowest BCUT2D eigenvalue weighted by atomic mass is 10.2. The molecule has 0 saturated carbocycles. The summed E-state index contributed by atoms with van der Waals surface area (Å²) in [4.78, 5) is 23.2. The van der Waals surface area contributed by atoms with Gasteiger partial charge in [-0.05, 0) is 24.1 Å². The highest BCUT2D eigenvalue weighted by molar-refractivity contribution is 7.89. The number of esters is 1. The molecule has 0 aromatic heterocycles. The monoisotopic (exact) mass is 360 g/mol. The smallest absolute Gasteiger partial charge is 0.341 e. The van der Waals surface area contributed by atoms with Gasteiger partial charge in [0.25, 0.3) is 5.91 Å². The third-order valence-electron chi connectivity index (χ3n) is 2.98. The van der Waals surface area contributed by atoms with Crippen molar-refractivity contribution in [2.24, 2.45) is 5.92 Å². The zero-order chi connectivity index (χ0) is 18.5. The Kier molecular flexibility index (Phi) is 6.85. The minimum Gasteiger partial charge on any atom is -0.452 e. The standard InChI is InChI=1S/C15H21FN2O5S/c1-10(2)8-17-14(19)9-23-15(20)12-7-11(5-6-13(12)16)24(21,22)18(3)4/h5-7,10H,8-9H2,1-4H3,(H,17,19). The van der Waals surface area contributed by atoms with Crippen LogP contribution < -0.4 is 5.32 Å².